The van der Waals surface area contributed by atoms with E-state index < -0.39 is 11.4 Å². The molecule has 94 valence electrons. The maximum Gasteiger partial charge on any atom is 0.310 e. The van der Waals surface area contributed by atoms with E-state index in [1.165, 1.54) is 19.3 Å². The number of rotatable bonds is 5. The van der Waals surface area contributed by atoms with Gasteiger partial charge in [0.1, 0.15) is 0 Å². The summed E-state index contributed by atoms with van der Waals surface area (Å²) in [5.74, 6) is -0.696. The first-order valence-electron chi connectivity index (χ1n) is 6.31. The molecule has 0 aromatic carbocycles. The van der Waals surface area contributed by atoms with E-state index >= 15 is 0 Å². The highest BCUT2D eigenvalue weighted by Crippen LogP contribution is 2.38. The highest BCUT2D eigenvalue weighted by atomic mass is 16.4. The molecule has 1 aliphatic heterocycles. The minimum atomic E-state index is -0.696. The van der Waals surface area contributed by atoms with Crippen LogP contribution in [0, 0.1) is 10.8 Å². The topological polar surface area (TPSA) is 40.5 Å². The summed E-state index contributed by atoms with van der Waals surface area (Å²) in [7, 11) is 0. The first kappa shape index (κ1) is 13.5. The van der Waals surface area contributed by atoms with Crippen molar-refractivity contribution >= 4 is 5.97 Å². The molecule has 1 N–H and O–H groups in total. The molecule has 0 atom stereocenters. The Hall–Kier alpha value is -0.570. The van der Waals surface area contributed by atoms with Gasteiger partial charge in [0.25, 0.3) is 0 Å². The Morgan fingerprint density at radius 3 is 2.31 bits per heavy atom. The van der Waals surface area contributed by atoms with Gasteiger partial charge in [0, 0.05) is 13.1 Å². The van der Waals surface area contributed by atoms with Crippen LogP contribution in [-0.4, -0.2) is 35.6 Å². The third-order valence-electron chi connectivity index (χ3n) is 4.22. The lowest BCUT2D eigenvalue weighted by atomic mass is 9.82. The highest BCUT2D eigenvalue weighted by Gasteiger charge is 2.38. The van der Waals surface area contributed by atoms with Crippen LogP contribution < -0.4 is 0 Å². The second kappa shape index (κ2) is 4.74. The van der Waals surface area contributed by atoms with Crippen LogP contribution in [0.5, 0.6) is 0 Å². The Labute approximate surface area is 98.8 Å². The molecule has 0 spiro atoms. The highest BCUT2D eigenvalue weighted by molar-refractivity contribution is 5.73. The van der Waals surface area contributed by atoms with Crippen molar-refractivity contribution < 1.29 is 9.90 Å². The molecule has 3 heteroatoms. The molecule has 0 amide bonds. The molecule has 1 fully saturated rings. The van der Waals surface area contributed by atoms with Crippen LogP contribution in [0.3, 0.4) is 0 Å². The van der Waals surface area contributed by atoms with Crippen LogP contribution in [0.25, 0.3) is 0 Å². The fourth-order valence-corrected chi connectivity index (χ4v) is 2.62. The van der Waals surface area contributed by atoms with E-state index in [-0.39, 0.29) is 0 Å². The maximum atomic E-state index is 11.1. The van der Waals surface area contributed by atoms with Crippen molar-refractivity contribution in [2.45, 2.75) is 47.0 Å². The Kier molecular flexibility index (Phi) is 4.00. The van der Waals surface area contributed by atoms with Crippen LogP contribution in [0.1, 0.15) is 47.0 Å². The van der Waals surface area contributed by atoms with Gasteiger partial charge in [0.05, 0.1) is 5.41 Å². The summed E-state index contributed by atoms with van der Waals surface area (Å²) in [5.41, 5.74) is -0.188. The average Bonchev–Trinajstić information content (AvgIpc) is 2.61. The first-order chi connectivity index (χ1) is 7.35. The van der Waals surface area contributed by atoms with Gasteiger partial charge in [0.15, 0.2) is 0 Å². The number of carbonyl (C=O) groups is 1. The van der Waals surface area contributed by atoms with Gasteiger partial charge >= 0.3 is 5.97 Å². The van der Waals surface area contributed by atoms with Crippen molar-refractivity contribution in [1.29, 1.82) is 0 Å². The van der Waals surface area contributed by atoms with Crippen LogP contribution in [0.2, 0.25) is 0 Å². The zero-order chi connectivity index (χ0) is 12.4. The van der Waals surface area contributed by atoms with Crippen molar-refractivity contribution in [3.8, 4) is 0 Å². The summed E-state index contributed by atoms with van der Waals surface area (Å²) in [4.78, 5) is 13.4. The molecule has 1 rings (SSSR count). The molecule has 16 heavy (non-hydrogen) atoms. The fraction of sp³-hybridized carbons (Fsp3) is 0.923. The van der Waals surface area contributed by atoms with Gasteiger partial charge in [-0.15, -0.1) is 0 Å². The van der Waals surface area contributed by atoms with Crippen molar-refractivity contribution in [1.82, 2.24) is 4.90 Å². The van der Waals surface area contributed by atoms with Crippen molar-refractivity contribution in [3.63, 3.8) is 0 Å². The first-order valence-corrected chi connectivity index (χ1v) is 6.31. The Morgan fingerprint density at radius 1 is 1.38 bits per heavy atom. The Balaban J connectivity index is 2.57. The summed E-state index contributed by atoms with van der Waals surface area (Å²) in [6.45, 7) is 10.9. The monoisotopic (exact) mass is 227 g/mol. The van der Waals surface area contributed by atoms with Crippen molar-refractivity contribution in [2.24, 2.45) is 10.8 Å². The predicted octanol–water partition coefficient (Wildman–Crippen LogP) is 2.61. The Morgan fingerprint density at radius 2 is 1.94 bits per heavy atom. The molecule has 0 bridgehead atoms. The lowest BCUT2D eigenvalue weighted by Crippen LogP contribution is -2.39. The number of hydrogen-bond donors (Lipinski definition) is 1. The van der Waals surface area contributed by atoms with Gasteiger partial charge < -0.3 is 10.0 Å². The summed E-state index contributed by atoms with van der Waals surface area (Å²) < 4.78 is 0. The predicted molar refractivity (Wildman–Crippen MR) is 65.5 cm³/mol. The lowest BCUT2D eigenvalue weighted by molar-refractivity contribution is -0.147. The van der Waals surface area contributed by atoms with E-state index in [4.69, 9.17) is 5.11 Å². The van der Waals surface area contributed by atoms with Crippen LogP contribution in [0.15, 0.2) is 0 Å². The number of nitrogens with zero attached hydrogens (tertiary/aromatic N) is 1. The van der Waals surface area contributed by atoms with Crippen molar-refractivity contribution in [2.75, 3.05) is 19.6 Å². The smallest absolute Gasteiger partial charge is 0.310 e. The molecule has 1 aliphatic rings. The minimum absolute atomic E-state index is 0.439. The molecule has 3 nitrogen and oxygen atoms in total. The third-order valence-corrected chi connectivity index (χ3v) is 4.22. The normalized spacial score (nSPS) is 21.2. The van der Waals surface area contributed by atoms with Gasteiger partial charge in [-0.25, -0.2) is 0 Å². The number of likely N-dealkylation sites (tertiary alicyclic amines) is 1. The number of carboxylic acids is 1. The summed E-state index contributed by atoms with van der Waals surface area (Å²) in [6.07, 6.45) is 3.62. The summed E-state index contributed by atoms with van der Waals surface area (Å²) >= 11 is 0. The standard InChI is InChI=1S/C13H25NO2/c1-5-13(6-2)7-8-14(10-13)9-12(3,4)11(15)16/h5-10H2,1-4H3,(H,15,16). The third kappa shape index (κ3) is 2.76. The largest absolute Gasteiger partial charge is 0.481 e. The fourth-order valence-electron chi connectivity index (χ4n) is 2.62. The number of carboxylic acid groups (broad SMARTS) is 1. The van der Waals surface area contributed by atoms with E-state index in [2.05, 4.69) is 18.7 Å². The van der Waals surface area contributed by atoms with Crippen molar-refractivity contribution in [3.05, 3.63) is 0 Å². The zero-order valence-electron chi connectivity index (χ0n) is 11.0. The van der Waals surface area contributed by atoms with Crippen LogP contribution >= 0.6 is 0 Å². The van der Waals surface area contributed by atoms with Crippen LogP contribution in [0.4, 0.5) is 0 Å². The molecule has 0 saturated carbocycles. The van der Waals surface area contributed by atoms with E-state index in [0.717, 1.165) is 13.1 Å². The number of hydrogen-bond acceptors (Lipinski definition) is 2. The number of aliphatic carboxylic acids is 1. The molecular weight excluding hydrogens is 202 g/mol. The molecule has 0 unspecified atom stereocenters. The molecule has 0 aliphatic carbocycles. The van der Waals surface area contributed by atoms with Gasteiger partial charge in [-0.1, -0.05) is 13.8 Å². The van der Waals surface area contributed by atoms with E-state index in [1.54, 1.807) is 0 Å². The van der Waals surface area contributed by atoms with Gasteiger partial charge in [-0.05, 0) is 45.1 Å². The van der Waals surface area contributed by atoms with E-state index in [1.807, 2.05) is 13.8 Å². The SMILES string of the molecule is CCC1(CC)CCN(CC(C)(C)C(=O)O)C1. The maximum absolute atomic E-state index is 11.1. The molecule has 1 saturated heterocycles. The lowest BCUT2D eigenvalue weighted by Gasteiger charge is -2.29. The second-order valence-electron chi connectivity index (χ2n) is 5.86. The summed E-state index contributed by atoms with van der Waals surface area (Å²) in [6, 6.07) is 0. The Bertz CT molecular complexity index is 257. The zero-order valence-corrected chi connectivity index (χ0v) is 11.0. The minimum Gasteiger partial charge on any atom is -0.481 e. The van der Waals surface area contributed by atoms with Crippen LogP contribution in [-0.2, 0) is 4.79 Å². The molecule has 1 heterocycles. The summed E-state index contributed by atoms with van der Waals surface area (Å²) in [5, 5.41) is 9.12. The molecule has 0 aromatic rings. The molecular formula is C13H25NO2. The quantitative estimate of drug-likeness (QED) is 0.785. The van der Waals surface area contributed by atoms with Gasteiger partial charge in [-0.3, -0.25) is 4.79 Å². The van der Waals surface area contributed by atoms with Gasteiger partial charge in [0.2, 0.25) is 0 Å². The van der Waals surface area contributed by atoms with Gasteiger partial charge in [-0.2, -0.15) is 0 Å². The second-order valence-corrected chi connectivity index (χ2v) is 5.86. The molecule has 0 aromatic heterocycles. The average molecular weight is 227 g/mol. The van der Waals surface area contributed by atoms with E-state index in [9.17, 15) is 4.79 Å². The van der Waals surface area contributed by atoms with E-state index in [0.29, 0.717) is 12.0 Å². The molecule has 0 radical (unpaired) electrons.